The van der Waals surface area contributed by atoms with Gasteiger partial charge in [0.1, 0.15) is 0 Å². The van der Waals surface area contributed by atoms with Crippen molar-refractivity contribution in [1.29, 1.82) is 0 Å². The average molecular weight is 233 g/mol. The molecule has 3 heteroatoms. The summed E-state index contributed by atoms with van der Waals surface area (Å²) in [5, 5.41) is 0. The lowest BCUT2D eigenvalue weighted by atomic mass is 10.0. The minimum Gasteiger partial charge on any atom is -0.385 e. The van der Waals surface area contributed by atoms with Crippen LogP contribution in [0.2, 0.25) is 0 Å². The first-order valence-corrected chi connectivity index (χ1v) is 6.15. The van der Waals surface area contributed by atoms with Crippen LogP contribution in [-0.4, -0.2) is 31.1 Å². The zero-order valence-electron chi connectivity index (χ0n) is 10.3. The molecule has 0 fully saturated rings. The molecule has 0 N–H and O–H groups in total. The Labute approximate surface area is 102 Å². The van der Waals surface area contributed by atoms with E-state index >= 15 is 0 Å². The SMILES string of the molecule is COCCCN1Cc2ccccc2CCC1=O. The number of benzene rings is 1. The summed E-state index contributed by atoms with van der Waals surface area (Å²) in [4.78, 5) is 13.9. The number of fused-ring (bicyclic) bond motifs is 1. The molecule has 0 aliphatic carbocycles. The van der Waals surface area contributed by atoms with Gasteiger partial charge in [-0.3, -0.25) is 4.79 Å². The third-order valence-corrected chi connectivity index (χ3v) is 3.22. The van der Waals surface area contributed by atoms with E-state index in [0.717, 1.165) is 25.9 Å². The van der Waals surface area contributed by atoms with E-state index in [-0.39, 0.29) is 5.91 Å². The molecule has 0 spiro atoms. The number of ether oxygens (including phenoxy) is 1. The molecule has 1 amide bonds. The molecule has 0 saturated heterocycles. The highest BCUT2D eigenvalue weighted by molar-refractivity contribution is 5.77. The summed E-state index contributed by atoms with van der Waals surface area (Å²) in [5.74, 6) is 0.261. The van der Waals surface area contributed by atoms with E-state index in [2.05, 4.69) is 12.1 Å². The van der Waals surface area contributed by atoms with Gasteiger partial charge >= 0.3 is 0 Å². The Kier molecular flexibility index (Phi) is 4.15. The molecule has 1 aromatic rings. The van der Waals surface area contributed by atoms with E-state index in [1.54, 1.807) is 7.11 Å². The first-order chi connectivity index (χ1) is 8.31. The van der Waals surface area contributed by atoms with Gasteiger partial charge in [0.2, 0.25) is 5.91 Å². The van der Waals surface area contributed by atoms with Gasteiger partial charge in [-0.15, -0.1) is 0 Å². The monoisotopic (exact) mass is 233 g/mol. The molecule has 0 bridgehead atoms. The Morgan fingerprint density at radius 3 is 2.76 bits per heavy atom. The van der Waals surface area contributed by atoms with Crippen LogP contribution in [0.25, 0.3) is 0 Å². The van der Waals surface area contributed by atoms with Gasteiger partial charge in [-0.05, 0) is 24.0 Å². The predicted octanol–water partition coefficient (Wildman–Crippen LogP) is 2.00. The summed E-state index contributed by atoms with van der Waals surface area (Å²) < 4.78 is 5.03. The summed E-state index contributed by atoms with van der Waals surface area (Å²) >= 11 is 0. The summed E-state index contributed by atoms with van der Waals surface area (Å²) in [5.41, 5.74) is 2.60. The molecule has 0 saturated carbocycles. The van der Waals surface area contributed by atoms with Crippen molar-refractivity contribution >= 4 is 5.91 Å². The van der Waals surface area contributed by atoms with Crippen LogP contribution in [0.5, 0.6) is 0 Å². The number of nitrogens with zero attached hydrogens (tertiary/aromatic N) is 1. The zero-order chi connectivity index (χ0) is 12.1. The molecule has 2 rings (SSSR count). The normalized spacial score (nSPS) is 15.6. The third-order valence-electron chi connectivity index (χ3n) is 3.22. The number of amides is 1. The second-order valence-electron chi connectivity index (χ2n) is 4.43. The van der Waals surface area contributed by atoms with Gasteiger partial charge in [-0.1, -0.05) is 24.3 Å². The van der Waals surface area contributed by atoms with Gasteiger partial charge in [-0.25, -0.2) is 0 Å². The molecule has 1 heterocycles. The number of methoxy groups -OCH3 is 1. The van der Waals surface area contributed by atoms with E-state index in [4.69, 9.17) is 4.74 Å². The molecular weight excluding hydrogens is 214 g/mol. The Morgan fingerprint density at radius 2 is 2.00 bits per heavy atom. The maximum absolute atomic E-state index is 12.0. The lowest BCUT2D eigenvalue weighted by Crippen LogP contribution is -2.30. The maximum Gasteiger partial charge on any atom is 0.223 e. The van der Waals surface area contributed by atoms with Crippen LogP contribution in [0.1, 0.15) is 24.0 Å². The Morgan fingerprint density at radius 1 is 1.24 bits per heavy atom. The van der Waals surface area contributed by atoms with Crippen LogP contribution in [0.15, 0.2) is 24.3 Å². The lowest BCUT2D eigenvalue weighted by Gasteiger charge is -2.20. The smallest absolute Gasteiger partial charge is 0.223 e. The maximum atomic E-state index is 12.0. The first kappa shape index (κ1) is 12.1. The molecule has 1 aliphatic heterocycles. The molecule has 1 aromatic carbocycles. The van der Waals surface area contributed by atoms with Crippen molar-refractivity contribution in [1.82, 2.24) is 4.90 Å². The standard InChI is InChI=1S/C14H19NO2/c1-17-10-4-9-15-11-13-6-3-2-5-12(13)7-8-14(15)16/h2-3,5-6H,4,7-11H2,1H3. The Hall–Kier alpha value is -1.35. The van der Waals surface area contributed by atoms with Crippen LogP contribution < -0.4 is 0 Å². The van der Waals surface area contributed by atoms with E-state index < -0.39 is 0 Å². The fourth-order valence-corrected chi connectivity index (χ4v) is 2.25. The number of rotatable bonds is 4. The molecule has 0 unspecified atom stereocenters. The molecule has 0 atom stereocenters. The highest BCUT2D eigenvalue weighted by Gasteiger charge is 2.19. The zero-order valence-corrected chi connectivity index (χ0v) is 10.3. The highest BCUT2D eigenvalue weighted by atomic mass is 16.5. The summed E-state index contributed by atoms with van der Waals surface area (Å²) in [7, 11) is 1.69. The van der Waals surface area contributed by atoms with Gasteiger partial charge in [0.25, 0.3) is 0 Å². The molecule has 92 valence electrons. The molecular formula is C14H19NO2. The number of hydrogen-bond acceptors (Lipinski definition) is 2. The topological polar surface area (TPSA) is 29.5 Å². The second kappa shape index (κ2) is 5.82. The Balaban J connectivity index is 2.05. The van der Waals surface area contributed by atoms with Gasteiger partial charge < -0.3 is 9.64 Å². The van der Waals surface area contributed by atoms with E-state index in [0.29, 0.717) is 13.0 Å². The minimum absolute atomic E-state index is 0.261. The average Bonchev–Trinajstić information content (AvgIpc) is 2.51. The van der Waals surface area contributed by atoms with Crippen LogP contribution >= 0.6 is 0 Å². The fourth-order valence-electron chi connectivity index (χ4n) is 2.25. The van der Waals surface area contributed by atoms with E-state index in [9.17, 15) is 4.79 Å². The predicted molar refractivity (Wildman–Crippen MR) is 66.7 cm³/mol. The second-order valence-corrected chi connectivity index (χ2v) is 4.43. The number of carbonyl (C=O) groups excluding carboxylic acids is 1. The molecule has 1 aliphatic rings. The van der Waals surface area contributed by atoms with Crippen LogP contribution in [0.3, 0.4) is 0 Å². The van der Waals surface area contributed by atoms with Gasteiger partial charge in [0, 0.05) is 33.2 Å². The highest BCUT2D eigenvalue weighted by Crippen LogP contribution is 2.19. The van der Waals surface area contributed by atoms with Gasteiger partial charge in [-0.2, -0.15) is 0 Å². The largest absolute Gasteiger partial charge is 0.385 e. The first-order valence-electron chi connectivity index (χ1n) is 6.15. The molecule has 0 radical (unpaired) electrons. The third kappa shape index (κ3) is 3.07. The van der Waals surface area contributed by atoms with E-state index in [1.807, 2.05) is 17.0 Å². The Bertz CT molecular complexity index is 390. The van der Waals surface area contributed by atoms with Crippen molar-refractivity contribution in [2.45, 2.75) is 25.8 Å². The van der Waals surface area contributed by atoms with Crippen molar-refractivity contribution < 1.29 is 9.53 Å². The van der Waals surface area contributed by atoms with Crippen LogP contribution in [0.4, 0.5) is 0 Å². The van der Waals surface area contributed by atoms with Crippen molar-refractivity contribution in [2.24, 2.45) is 0 Å². The van der Waals surface area contributed by atoms with Crippen molar-refractivity contribution in [3.05, 3.63) is 35.4 Å². The van der Waals surface area contributed by atoms with Crippen molar-refractivity contribution in [2.75, 3.05) is 20.3 Å². The molecule has 17 heavy (non-hydrogen) atoms. The van der Waals surface area contributed by atoms with Crippen LogP contribution in [0, 0.1) is 0 Å². The van der Waals surface area contributed by atoms with Gasteiger partial charge in [0.05, 0.1) is 0 Å². The number of aryl methyl sites for hydroxylation is 1. The number of hydrogen-bond donors (Lipinski definition) is 0. The summed E-state index contributed by atoms with van der Waals surface area (Å²) in [6, 6.07) is 8.34. The van der Waals surface area contributed by atoms with Gasteiger partial charge in [0.15, 0.2) is 0 Å². The van der Waals surface area contributed by atoms with Crippen LogP contribution in [-0.2, 0) is 22.5 Å². The minimum atomic E-state index is 0.261. The van der Waals surface area contributed by atoms with Crippen molar-refractivity contribution in [3.63, 3.8) is 0 Å². The fraction of sp³-hybridized carbons (Fsp3) is 0.500. The molecule has 0 aromatic heterocycles. The van der Waals surface area contributed by atoms with E-state index in [1.165, 1.54) is 11.1 Å². The summed E-state index contributed by atoms with van der Waals surface area (Å²) in [6.07, 6.45) is 2.41. The van der Waals surface area contributed by atoms with Crippen molar-refractivity contribution in [3.8, 4) is 0 Å². The lowest BCUT2D eigenvalue weighted by molar-refractivity contribution is -0.131. The summed E-state index contributed by atoms with van der Waals surface area (Å²) in [6.45, 7) is 2.26. The molecule has 3 nitrogen and oxygen atoms in total. The quantitative estimate of drug-likeness (QED) is 0.744. The number of carbonyl (C=O) groups is 1.